The summed E-state index contributed by atoms with van der Waals surface area (Å²) in [5.74, 6) is 1.18. The molecule has 0 amide bonds. The molecule has 12 heteroatoms. The van der Waals surface area contributed by atoms with Crippen molar-refractivity contribution in [2.24, 2.45) is 11.8 Å². The van der Waals surface area contributed by atoms with Crippen LogP contribution in [0.5, 0.6) is 0 Å². The van der Waals surface area contributed by atoms with Crippen LogP contribution < -0.4 is 16.2 Å². The SMILES string of the molecule is COB(OC)c1ccccc1CN(CCCOCCOCCOCCCNC(c1ccccc1)(c1ccccc1)c1ccccc1)CC1CCC(CN(Cc2ccccc2B(OC)OC)Cc2c3ccccc3cc3ccccc23)CC1. The number of nitrogens with zero attached hydrogens (tertiary/aromatic N) is 2. The van der Waals surface area contributed by atoms with E-state index in [0.29, 0.717) is 51.5 Å². The molecule has 9 rings (SSSR count). The lowest BCUT2D eigenvalue weighted by Crippen LogP contribution is -2.45. The maximum absolute atomic E-state index is 6.18. The summed E-state index contributed by atoms with van der Waals surface area (Å²) in [7, 11) is 6.03. The molecular formula is C70H85B2N3O7. The van der Waals surface area contributed by atoms with Crippen molar-refractivity contribution in [1.29, 1.82) is 0 Å². The van der Waals surface area contributed by atoms with E-state index in [0.717, 1.165) is 69.6 Å². The van der Waals surface area contributed by atoms with E-state index >= 15 is 0 Å². The predicted molar refractivity (Wildman–Crippen MR) is 337 cm³/mol. The second-order valence-corrected chi connectivity index (χ2v) is 21.9. The molecule has 10 nitrogen and oxygen atoms in total. The Bertz CT molecular complexity index is 2950. The summed E-state index contributed by atoms with van der Waals surface area (Å²) in [5.41, 5.74) is 9.17. The molecule has 428 valence electrons. The third kappa shape index (κ3) is 16.2. The Hall–Kier alpha value is -5.99. The molecule has 0 radical (unpaired) electrons. The minimum atomic E-state index is -0.482. The van der Waals surface area contributed by atoms with Crippen LogP contribution in [0.4, 0.5) is 0 Å². The first-order valence-corrected chi connectivity index (χ1v) is 29.8. The third-order valence-corrected chi connectivity index (χ3v) is 16.5. The molecule has 0 aromatic heterocycles. The molecule has 1 fully saturated rings. The molecule has 1 saturated carbocycles. The van der Waals surface area contributed by atoms with Crippen molar-refractivity contribution in [3.05, 3.63) is 228 Å². The van der Waals surface area contributed by atoms with Crippen molar-refractivity contribution in [1.82, 2.24) is 15.1 Å². The molecule has 0 aliphatic heterocycles. The summed E-state index contributed by atoms with van der Waals surface area (Å²) in [6.45, 7) is 9.74. The van der Waals surface area contributed by atoms with Gasteiger partial charge in [0.2, 0.25) is 0 Å². The van der Waals surface area contributed by atoms with Crippen LogP contribution in [0.3, 0.4) is 0 Å². The molecule has 0 unspecified atom stereocenters. The summed E-state index contributed by atoms with van der Waals surface area (Å²) < 4.78 is 41.4. The van der Waals surface area contributed by atoms with Crippen LogP contribution >= 0.6 is 0 Å². The van der Waals surface area contributed by atoms with Crippen LogP contribution in [-0.4, -0.2) is 118 Å². The number of fused-ring (bicyclic) bond motifs is 2. The molecule has 0 saturated heterocycles. The van der Waals surface area contributed by atoms with Gasteiger partial charge in [0, 0.05) is 80.9 Å². The molecule has 82 heavy (non-hydrogen) atoms. The third-order valence-electron chi connectivity index (χ3n) is 16.5. The van der Waals surface area contributed by atoms with Gasteiger partial charge in [0.1, 0.15) is 0 Å². The van der Waals surface area contributed by atoms with Gasteiger partial charge in [0.15, 0.2) is 0 Å². The molecule has 8 aromatic rings. The fourth-order valence-corrected chi connectivity index (χ4v) is 12.5. The lowest BCUT2D eigenvalue weighted by atomic mass is 9.75. The fourth-order valence-electron chi connectivity index (χ4n) is 12.5. The van der Waals surface area contributed by atoms with Gasteiger partial charge in [0.05, 0.1) is 32.0 Å². The van der Waals surface area contributed by atoms with Gasteiger partial charge in [-0.25, -0.2) is 0 Å². The smallest absolute Gasteiger partial charge is 0.410 e. The Morgan fingerprint density at radius 1 is 0.427 bits per heavy atom. The number of rotatable bonds is 34. The van der Waals surface area contributed by atoms with Gasteiger partial charge >= 0.3 is 14.2 Å². The van der Waals surface area contributed by atoms with Crippen LogP contribution in [0.15, 0.2) is 194 Å². The zero-order valence-corrected chi connectivity index (χ0v) is 49.0. The van der Waals surface area contributed by atoms with E-state index in [4.69, 9.17) is 32.8 Å². The van der Waals surface area contributed by atoms with Gasteiger partial charge in [0.25, 0.3) is 0 Å². The molecule has 1 aliphatic carbocycles. The monoisotopic (exact) mass is 1100 g/mol. The highest BCUT2D eigenvalue weighted by Crippen LogP contribution is 2.37. The number of hydrogen-bond acceptors (Lipinski definition) is 10. The second-order valence-electron chi connectivity index (χ2n) is 21.9. The summed E-state index contributed by atoms with van der Waals surface area (Å²) in [6, 6.07) is 69.4. The highest BCUT2D eigenvalue weighted by atomic mass is 16.6. The van der Waals surface area contributed by atoms with E-state index in [2.05, 4.69) is 209 Å². The van der Waals surface area contributed by atoms with Gasteiger partial charge in [-0.15, -0.1) is 0 Å². The second kappa shape index (κ2) is 32.2. The molecule has 8 aromatic carbocycles. The maximum atomic E-state index is 6.18. The van der Waals surface area contributed by atoms with Crippen molar-refractivity contribution < 1.29 is 32.8 Å². The van der Waals surface area contributed by atoms with E-state index < -0.39 is 19.8 Å². The molecule has 1 N–H and O–H groups in total. The van der Waals surface area contributed by atoms with E-state index in [1.165, 1.54) is 80.6 Å². The lowest BCUT2D eigenvalue weighted by Gasteiger charge is -2.37. The van der Waals surface area contributed by atoms with Gasteiger partial charge in [-0.1, -0.05) is 188 Å². The number of benzene rings is 8. The Morgan fingerprint density at radius 3 is 1.29 bits per heavy atom. The Labute approximate surface area is 489 Å². The van der Waals surface area contributed by atoms with E-state index in [1.54, 1.807) is 28.4 Å². The largest absolute Gasteiger partial charge is 0.493 e. The first kappa shape index (κ1) is 60.6. The predicted octanol–water partition coefficient (Wildman–Crippen LogP) is 11.7. The summed E-state index contributed by atoms with van der Waals surface area (Å²) in [5, 5.41) is 9.17. The topological polar surface area (TPSA) is 83.1 Å². The van der Waals surface area contributed by atoms with Gasteiger partial charge in [-0.05, 0) is 129 Å². The van der Waals surface area contributed by atoms with Gasteiger partial charge in [-0.3, -0.25) is 15.1 Å². The average Bonchev–Trinajstić information content (AvgIpc) is 3.53. The minimum absolute atomic E-state index is 0.416. The summed E-state index contributed by atoms with van der Waals surface area (Å²) in [6.07, 6.45) is 6.59. The van der Waals surface area contributed by atoms with Crippen molar-refractivity contribution >= 4 is 46.7 Å². The summed E-state index contributed by atoms with van der Waals surface area (Å²) >= 11 is 0. The summed E-state index contributed by atoms with van der Waals surface area (Å²) in [4.78, 5) is 5.33. The maximum Gasteiger partial charge on any atom is 0.493 e. The van der Waals surface area contributed by atoms with Crippen LogP contribution in [0.2, 0.25) is 0 Å². The first-order valence-electron chi connectivity index (χ1n) is 29.8. The van der Waals surface area contributed by atoms with Crippen LogP contribution in [-0.2, 0) is 58.0 Å². The van der Waals surface area contributed by atoms with E-state index in [-0.39, 0.29) is 0 Å². The minimum Gasteiger partial charge on any atom is -0.410 e. The number of ether oxygens (including phenoxy) is 3. The standard InChI is InChI=1S/C70H85B2N3O7/c1-76-71(77-2)68-36-20-16-26-60(68)53-74(43-23-45-81-47-49-82-48-46-80-44-22-42-73-70(62-28-8-5-9-29-62,63-30-10-6-11-31-63)64-32-12-7-13-33-64)51-56-38-40-57(41-39-56)52-75(54-61-27-17-21-37-69(61)72(78-3)79-4)55-67-65-34-18-14-24-58(65)50-59-25-15-19-35-66(59)67/h5-21,24-37,50,56-57,73H,22-23,38-49,51-55H2,1-4H3. The fraction of sp³-hybridized carbons (Fsp3) is 0.371. The molecule has 0 atom stereocenters. The van der Waals surface area contributed by atoms with Gasteiger partial charge in [-0.2, -0.15) is 0 Å². The normalized spacial score (nSPS) is 14.8. The molecule has 1 aliphatic rings. The molecular weight excluding hydrogens is 1020 g/mol. The van der Waals surface area contributed by atoms with Crippen LogP contribution in [0, 0.1) is 11.8 Å². The van der Waals surface area contributed by atoms with E-state index in [9.17, 15) is 0 Å². The Morgan fingerprint density at radius 2 is 0.817 bits per heavy atom. The molecule has 0 bridgehead atoms. The van der Waals surface area contributed by atoms with Gasteiger partial charge < -0.3 is 32.8 Å². The van der Waals surface area contributed by atoms with E-state index in [1.807, 2.05) is 0 Å². The van der Waals surface area contributed by atoms with Crippen molar-refractivity contribution in [3.63, 3.8) is 0 Å². The molecule has 0 spiro atoms. The first-order chi connectivity index (χ1) is 40.5. The highest BCUT2D eigenvalue weighted by molar-refractivity contribution is 6.62. The van der Waals surface area contributed by atoms with Crippen molar-refractivity contribution in [2.45, 2.75) is 63.7 Å². The zero-order valence-electron chi connectivity index (χ0n) is 49.0. The highest BCUT2D eigenvalue weighted by Gasteiger charge is 2.36. The number of hydrogen-bond donors (Lipinski definition) is 1. The van der Waals surface area contributed by atoms with Crippen molar-refractivity contribution in [2.75, 3.05) is 94.3 Å². The van der Waals surface area contributed by atoms with Crippen LogP contribution in [0.25, 0.3) is 21.5 Å². The van der Waals surface area contributed by atoms with Crippen molar-refractivity contribution in [3.8, 4) is 0 Å². The average molecular weight is 1100 g/mol. The number of nitrogens with one attached hydrogen (secondary N) is 1. The molecule has 0 heterocycles. The lowest BCUT2D eigenvalue weighted by molar-refractivity contribution is 0.0122. The Balaban J connectivity index is 0.757. The quantitative estimate of drug-likeness (QED) is 0.0182. The Kier molecular flexibility index (Phi) is 23.8. The zero-order chi connectivity index (χ0) is 56.6. The van der Waals surface area contributed by atoms with Crippen LogP contribution in [0.1, 0.15) is 71.9 Å².